The van der Waals surface area contributed by atoms with Gasteiger partial charge in [0.25, 0.3) is 0 Å². The Balaban J connectivity index is 1.90. The molecule has 1 fully saturated rings. The molecule has 1 aromatic carbocycles. The fourth-order valence-electron chi connectivity index (χ4n) is 3.09. The molecule has 0 bridgehead atoms. The van der Waals surface area contributed by atoms with Crippen molar-refractivity contribution < 1.29 is 9.59 Å². The highest BCUT2D eigenvalue weighted by atomic mass is 16.2. The molecule has 132 valence electrons. The molecule has 24 heavy (non-hydrogen) atoms. The van der Waals surface area contributed by atoms with E-state index >= 15 is 0 Å². The van der Waals surface area contributed by atoms with E-state index in [9.17, 15) is 9.59 Å². The minimum absolute atomic E-state index is 0.00403. The summed E-state index contributed by atoms with van der Waals surface area (Å²) in [7, 11) is 0. The third kappa shape index (κ3) is 5.66. The van der Waals surface area contributed by atoms with Gasteiger partial charge in [-0.25, -0.2) is 0 Å². The standard InChI is InChI=1S/C20H30N2O2/c1-16-7-5-8-17(13-16)14-18(23)21-9-6-10-22(12-11-21)19(24)15-20(2,3)4/h5,7-8,13H,6,9-12,14-15H2,1-4H3. The molecule has 0 atom stereocenters. The van der Waals surface area contributed by atoms with Crippen molar-refractivity contribution in [1.82, 2.24) is 9.80 Å². The smallest absolute Gasteiger partial charge is 0.227 e. The van der Waals surface area contributed by atoms with Gasteiger partial charge in [0.1, 0.15) is 0 Å². The number of amides is 2. The van der Waals surface area contributed by atoms with Gasteiger partial charge in [0.05, 0.1) is 6.42 Å². The van der Waals surface area contributed by atoms with Crippen LogP contribution in [0.5, 0.6) is 0 Å². The lowest BCUT2D eigenvalue weighted by Crippen LogP contribution is -2.38. The summed E-state index contributed by atoms with van der Waals surface area (Å²) in [5.74, 6) is 0.362. The van der Waals surface area contributed by atoms with Gasteiger partial charge in [-0.05, 0) is 24.3 Å². The SMILES string of the molecule is Cc1cccc(CC(=O)N2CCCN(C(=O)CC(C)(C)C)CC2)c1. The molecular weight excluding hydrogens is 300 g/mol. The van der Waals surface area contributed by atoms with E-state index in [1.54, 1.807) is 0 Å². The summed E-state index contributed by atoms with van der Waals surface area (Å²) in [6.07, 6.45) is 1.86. The van der Waals surface area contributed by atoms with E-state index in [-0.39, 0.29) is 17.2 Å². The molecule has 1 saturated heterocycles. The van der Waals surface area contributed by atoms with Gasteiger partial charge in [0.15, 0.2) is 0 Å². The number of carbonyl (C=O) groups excluding carboxylic acids is 2. The van der Waals surface area contributed by atoms with Gasteiger partial charge in [0, 0.05) is 32.6 Å². The summed E-state index contributed by atoms with van der Waals surface area (Å²) in [5.41, 5.74) is 2.24. The molecule has 2 rings (SSSR count). The number of rotatable bonds is 3. The molecule has 4 heteroatoms. The number of hydrogen-bond donors (Lipinski definition) is 0. The second-order valence-corrected chi connectivity index (χ2v) is 8.02. The Labute approximate surface area is 145 Å². The maximum atomic E-state index is 12.6. The van der Waals surface area contributed by atoms with Crippen LogP contribution in [0.25, 0.3) is 0 Å². The molecular formula is C20H30N2O2. The van der Waals surface area contributed by atoms with E-state index < -0.39 is 0 Å². The summed E-state index contributed by atoms with van der Waals surface area (Å²) in [5, 5.41) is 0. The minimum atomic E-state index is 0.00403. The first-order chi connectivity index (χ1) is 11.2. The molecule has 1 heterocycles. The average molecular weight is 330 g/mol. The van der Waals surface area contributed by atoms with Crippen molar-refractivity contribution in [2.45, 2.75) is 47.0 Å². The quantitative estimate of drug-likeness (QED) is 0.855. The molecule has 1 aliphatic heterocycles. The zero-order valence-electron chi connectivity index (χ0n) is 15.5. The van der Waals surface area contributed by atoms with Gasteiger partial charge >= 0.3 is 0 Å². The summed E-state index contributed by atoms with van der Waals surface area (Å²) < 4.78 is 0. The molecule has 0 spiro atoms. The number of hydrogen-bond acceptors (Lipinski definition) is 2. The van der Waals surface area contributed by atoms with Crippen molar-refractivity contribution in [3.63, 3.8) is 0 Å². The fraction of sp³-hybridized carbons (Fsp3) is 0.600. The van der Waals surface area contributed by atoms with E-state index in [0.29, 0.717) is 25.9 Å². The summed E-state index contributed by atoms with van der Waals surface area (Å²) in [4.78, 5) is 28.8. The summed E-state index contributed by atoms with van der Waals surface area (Å²) >= 11 is 0. The predicted octanol–water partition coefficient (Wildman–Crippen LogP) is 3.03. The maximum absolute atomic E-state index is 12.6. The largest absolute Gasteiger partial charge is 0.341 e. The predicted molar refractivity (Wildman–Crippen MR) is 96.7 cm³/mol. The third-order valence-corrected chi connectivity index (χ3v) is 4.32. The fourth-order valence-corrected chi connectivity index (χ4v) is 3.09. The molecule has 1 aromatic rings. The van der Waals surface area contributed by atoms with Crippen LogP contribution in [0.2, 0.25) is 0 Å². The number of benzene rings is 1. The van der Waals surface area contributed by atoms with Gasteiger partial charge in [0.2, 0.25) is 11.8 Å². The molecule has 2 amide bonds. The minimum Gasteiger partial charge on any atom is -0.341 e. The highest BCUT2D eigenvalue weighted by molar-refractivity contribution is 5.79. The lowest BCUT2D eigenvalue weighted by molar-refractivity contribution is -0.134. The highest BCUT2D eigenvalue weighted by Crippen LogP contribution is 2.20. The monoisotopic (exact) mass is 330 g/mol. The number of aryl methyl sites for hydroxylation is 1. The zero-order valence-corrected chi connectivity index (χ0v) is 15.5. The topological polar surface area (TPSA) is 40.6 Å². The van der Waals surface area contributed by atoms with Crippen LogP contribution in [0.15, 0.2) is 24.3 Å². The molecule has 0 N–H and O–H groups in total. The van der Waals surface area contributed by atoms with Crippen LogP contribution in [0, 0.1) is 12.3 Å². The van der Waals surface area contributed by atoms with Crippen molar-refractivity contribution in [2.24, 2.45) is 5.41 Å². The van der Waals surface area contributed by atoms with Crippen LogP contribution < -0.4 is 0 Å². The van der Waals surface area contributed by atoms with Crippen molar-refractivity contribution >= 4 is 11.8 Å². The normalized spacial score (nSPS) is 16.0. The molecule has 0 radical (unpaired) electrons. The lowest BCUT2D eigenvalue weighted by Gasteiger charge is -2.25. The zero-order chi connectivity index (χ0) is 17.7. The summed E-state index contributed by atoms with van der Waals surface area (Å²) in [6.45, 7) is 11.1. The molecule has 0 aromatic heterocycles. The first-order valence-corrected chi connectivity index (χ1v) is 8.86. The Hall–Kier alpha value is -1.84. The van der Waals surface area contributed by atoms with Crippen LogP contribution in [0.3, 0.4) is 0 Å². The van der Waals surface area contributed by atoms with Crippen molar-refractivity contribution in [2.75, 3.05) is 26.2 Å². The average Bonchev–Trinajstić information content (AvgIpc) is 2.71. The molecule has 4 nitrogen and oxygen atoms in total. The van der Waals surface area contributed by atoms with Gasteiger partial charge in [-0.1, -0.05) is 50.6 Å². The van der Waals surface area contributed by atoms with E-state index in [4.69, 9.17) is 0 Å². The summed E-state index contributed by atoms with van der Waals surface area (Å²) in [6, 6.07) is 8.10. The maximum Gasteiger partial charge on any atom is 0.227 e. The molecule has 1 aliphatic rings. The van der Waals surface area contributed by atoms with E-state index in [1.807, 2.05) is 34.9 Å². The Morgan fingerprint density at radius 2 is 1.62 bits per heavy atom. The van der Waals surface area contributed by atoms with Crippen molar-refractivity contribution in [3.8, 4) is 0 Å². The second-order valence-electron chi connectivity index (χ2n) is 8.02. The molecule has 0 saturated carbocycles. The van der Waals surface area contributed by atoms with Crippen LogP contribution in [0.4, 0.5) is 0 Å². The van der Waals surface area contributed by atoms with Crippen molar-refractivity contribution in [3.05, 3.63) is 35.4 Å². The van der Waals surface area contributed by atoms with Gasteiger partial charge in [-0.3, -0.25) is 9.59 Å². The highest BCUT2D eigenvalue weighted by Gasteiger charge is 2.25. The first-order valence-electron chi connectivity index (χ1n) is 8.86. The van der Waals surface area contributed by atoms with E-state index in [1.165, 1.54) is 5.56 Å². The van der Waals surface area contributed by atoms with Crippen LogP contribution in [-0.2, 0) is 16.0 Å². The Morgan fingerprint density at radius 3 is 2.21 bits per heavy atom. The van der Waals surface area contributed by atoms with Crippen LogP contribution in [0.1, 0.15) is 44.7 Å². The van der Waals surface area contributed by atoms with Gasteiger partial charge in [-0.15, -0.1) is 0 Å². The van der Waals surface area contributed by atoms with Gasteiger partial charge in [-0.2, -0.15) is 0 Å². The Morgan fingerprint density at radius 1 is 1.00 bits per heavy atom. The Kier molecular flexibility index (Phi) is 6.03. The number of nitrogens with zero attached hydrogens (tertiary/aromatic N) is 2. The first kappa shape index (κ1) is 18.5. The molecule has 0 unspecified atom stereocenters. The second kappa shape index (κ2) is 7.82. The van der Waals surface area contributed by atoms with E-state index in [0.717, 1.165) is 25.1 Å². The Bertz CT molecular complexity index is 590. The van der Waals surface area contributed by atoms with Crippen molar-refractivity contribution in [1.29, 1.82) is 0 Å². The third-order valence-electron chi connectivity index (χ3n) is 4.32. The molecule has 0 aliphatic carbocycles. The lowest BCUT2D eigenvalue weighted by atomic mass is 9.91. The van der Waals surface area contributed by atoms with Crippen LogP contribution >= 0.6 is 0 Å². The van der Waals surface area contributed by atoms with Crippen LogP contribution in [-0.4, -0.2) is 47.8 Å². The van der Waals surface area contributed by atoms with Gasteiger partial charge < -0.3 is 9.80 Å². The number of carbonyl (C=O) groups is 2. The van der Waals surface area contributed by atoms with E-state index in [2.05, 4.69) is 26.8 Å².